The van der Waals surface area contributed by atoms with Gasteiger partial charge in [0.05, 0.1) is 24.6 Å². The molecule has 1 amide bonds. The number of hydrogen-bond donors (Lipinski definition) is 4. The monoisotopic (exact) mass is 395 g/mol. The molecule has 4 N–H and O–H groups in total. The highest BCUT2D eigenvalue weighted by Gasteiger charge is 2.50. The maximum absolute atomic E-state index is 12.5. The van der Waals surface area contributed by atoms with Gasteiger partial charge in [0.1, 0.15) is 6.10 Å². The van der Waals surface area contributed by atoms with Gasteiger partial charge in [-0.3, -0.25) is 9.79 Å². The van der Waals surface area contributed by atoms with Gasteiger partial charge in [-0.15, -0.1) is 6.42 Å². The van der Waals surface area contributed by atoms with Crippen LogP contribution in [-0.2, 0) is 4.79 Å². The van der Waals surface area contributed by atoms with Gasteiger partial charge in [0.2, 0.25) is 5.91 Å². The summed E-state index contributed by atoms with van der Waals surface area (Å²) in [4.78, 5) is 17.1. The van der Waals surface area contributed by atoms with Gasteiger partial charge in [0.25, 0.3) is 0 Å². The Morgan fingerprint density at radius 3 is 2.86 bits per heavy atom. The average molecular weight is 395 g/mol. The van der Waals surface area contributed by atoms with Crippen LogP contribution in [-0.4, -0.2) is 51.3 Å². The van der Waals surface area contributed by atoms with Gasteiger partial charge in [-0.2, -0.15) is 0 Å². The molecule has 28 heavy (non-hydrogen) atoms. The molecule has 2 aliphatic rings. The number of nitrogens with one attached hydrogen (secondary N) is 2. The third-order valence-electron chi connectivity index (χ3n) is 5.22. The van der Waals surface area contributed by atoms with E-state index in [2.05, 4.69) is 21.5 Å². The van der Waals surface area contributed by atoms with Gasteiger partial charge in [-0.25, -0.2) is 0 Å². The van der Waals surface area contributed by atoms with Crippen LogP contribution in [0.3, 0.4) is 0 Å². The fourth-order valence-corrected chi connectivity index (χ4v) is 5.20. The predicted octanol–water partition coefficient (Wildman–Crippen LogP) is 1.58. The number of amidine groups is 1. The third-order valence-corrected chi connectivity index (χ3v) is 6.53. The van der Waals surface area contributed by atoms with Crippen molar-refractivity contribution >= 4 is 39.3 Å². The molecular weight excluding hydrogens is 374 g/mol. The van der Waals surface area contributed by atoms with Crippen LogP contribution in [0.25, 0.3) is 10.8 Å². The summed E-state index contributed by atoms with van der Waals surface area (Å²) in [5.41, 5.74) is 0.909. The molecule has 0 aromatic heterocycles. The van der Waals surface area contributed by atoms with E-state index >= 15 is 0 Å². The molecule has 0 saturated heterocycles. The Balaban J connectivity index is 1.58. The van der Waals surface area contributed by atoms with Crippen LogP contribution >= 0.6 is 11.8 Å². The van der Waals surface area contributed by atoms with Crippen molar-refractivity contribution in [2.75, 3.05) is 11.9 Å². The largest absolute Gasteiger partial charge is 0.390 e. The minimum Gasteiger partial charge on any atom is -0.390 e. The zero-order chi connectivity index (χ0) is 19.7. The van der Waals surface area contributed by atoms with Crippen molar-refractivity contribution in [2.45, 2.75) is 29.9 Å². The predicted molar refractivity (Wildman–Crippen MR) is 112 cm³/mol. The number of hydrogen-bond acceptors (Lipinski definition) is 6. The minimum atomic E-state index is -0.999. The van der Waals surface area contributed by atoms with Crippen molar-refractivity contribution in [1.82, 2.24) is 5.32 Å². The van der Waals surface area contributed by atoms with Crippen LogP contribution in [0.2, 0.25) is 0 Å². The van der Waals surface area contributed by atoms with E-state index in [1.807, 2.05) is 42.5 Å². The average Bonchev–Trinajstić information content (AvgIpc) is 3.13. The zero-order valence-corrected chi connectivity index (χ0v) is 15.9. The SMILES string of the molecule is C#CCNC(=O)C1CC(O)C(O)C2N=C(Nc3cccc4ccccc34)SC12. The van der Waals surface area contributed by atoms with Crippen LogP contribution in [0, 0.1) is 18.3 Å². The number of terminal acetylenes is 1. The summed E-state index contributed by atoms with van der Waals surface area (Å²) in [6.07, 6.45) is 3.41. The maximum Gasteiger partial charge on any atom is 0.225 e. The Kier molecular flexibility index (Phi) is 5.27. The van der Waals surface area contributed by atoms with Gasteiger partial charge in [-0.05, 0) is 17.9 Å². The minimum absolute atomic E-state index is 0.137. The van der Waals surface area contributed by atoms with Gasteiger partial charge in [-0.1, -0.05) is 54.1 Å². The first-order valence-electron chi connectivity index (χ1n) is 9.15. The summed E-state index contributed by atoms with van der Waals surface area (Å²) >= 11 is 1.43. The maximum atomic E-state index is 12.5. The highest BCUT2D eigenvalue weighted by Crippen LogP contribution is 2.41. The fourth-order valence-electron chi connectivity index (χ4n) is 3.83. The topological polar surface area (TPSA) is 94.0 Å². The molecule has 5 atom stereocenters. The molecule has 1 heterocycles. The number of aliphatic imine (C=N–C) groups is 1. The van der Waals surface area contributed by atoms with Crippen molar-refractivity contribution in [3.8, 4) is 12.3 Å². The van der Waals surface area contributed by atoms with E-state index in [0.717, 1.165) is 16.5 Å². The van der Waals surface area contributed by atoms with Crippen LogP contribution < -0.4 is 10.6 Å². The number of rotatable bonds is 3. The van der Waals surface area contributed by atoms with E-state index in [1.54, 1.807) is 0 Å². The van der Waals surface area contributed by atoms with E-state index in [9.17, 15) is 15.0 Å². The van der Waals surface area contributed by atoms with E-state index < -0.39 is 24.2 Å². The Morgan fingerprint density at radius 2 is 2.04 bits per heavy atom. The second-order valence-corrected chi connectivity index (χ2v) is 8.15. The van der Waals surface area contributed by atoms with E-state index in [-0.39, 0.29) is 24.1 Å². The lowest BCUT2D eigenvalue weighted by atomic mass is 9.81. The fraction of sp³-hybridized carbons (Fsp3) is 0.333. The zero-order valence-electron chi connectivity index (χ0n) is 15.1. The number of aliphatic hydroxyl groups is 2. The second kappa shape index (κ2) is 7.84. The number of amides is 1. The third kappa shape index (κ3) is 3.47. The van der Waals surface area contributed by atoms with Crippen molar-refractivity contribution in [1.29, 1.82) is 0 Å². The normalized spacial score (nSPS) is 28.9. The molecule has 2 aromatic carbocycles. The quantitative estimate of drug-likeness (QED) is 0.592. The molecule has 1 aliphatic carbocycles. The number of anilines is 1. The Hall–Kier alpha value is -2.53. The second-order valence-electron chi connectivity index (χ2n) is 6.98. The Bertz CT molecular complexity index is 966. The lowest BCUT2D eigenvalue weighted by Gasteiger charge is -2.37. The molecule has 6 nitrogen and oxygen atoms in total. The molecule has 1 fully saturated rings. The molecule has 1 saturated carbocycles. The van der Waals surface area contributed by atoms with Crippen molar-refractivity contribution in [3.63, 3.8) is 0 Å². The van der Waals surface area contributed by atoms with Crippen LogP contribution in [0.5, 0.6) is 0 Å². The van der Waals surface area contributed by atoms with Crippen molar-refractivity contribution in [2.24, 2.45) is 10.9 Å². The Labute approximate surface area is 167 Å². The molecule has 2 aromatic rings. The summed E-state index contributed by atoms with van der Waals surface area (Å²) in [6.45, 7) is 0.137. The first kappa shape index (κ1) is 18.8. The first-order chi connectivity index (χ1) is 13.6. The van der Waals surface area contributed by atoms with Crippen LogP contribution in [0.1, 0.15) is 6.42 Å². The highest BCUT2D eigenvalue weighted by molar-refractivity contribution is 8.15. The molecular formula is C21H21N3O3S. The lowest BCUT2D eigenvalue weighted by molar-refractivity contribution is -0.129. The number of carbonyl (C=O) groups excluding carboxylic acids is 1. The summed E-state index contributed by atoms with van der Waals surface area (Å²) in [6, 6.07) is 13.4. The van der Waals surface area contributed by atoms with E-state index in [0.29, 0.717) is 5.17 Å². The van der Waals surface area contributed by atoms with E-state index in [1.165, 1.54) is 11.8 Å². The first-order valence-corrected chi connectivity index (χ1v) is 10.0. The molecule has 5 unspecified atom stereocenters. The molecule has 7 heteroatoms. The number of benzene rings is 2. The molecule has 4 rings (SSSR count). The standard InChI is InChI=1S/C21H21N3O3S/c1-2-10-22-20(27)14-11-16(25)18(26)17-19(14)28-21(24-17)23-15-9-5-7-12-6-3-4-8-13(12)15/h1,3-9,14,16-19,25-26H,10-11H2,(H,22,27)(H,23,24). The highest BCUT2D eigenvalue weighted by atomic mass is 32.2. The smallest absolute Gasteiger partial charge is 0.225 e. The number of fused-ring (bicyclic) bond motifs is 2. The van der Waals surface area contributed by atoms with Crippen LogP contribution in [0.15, 0.2) is 47.5 Å². The molecule has 0 radical (unpaired) electrons. The van der Waals surface area contributed by atoms with Gasteiger partial charge < -0.3 is 20.8 Å². The van der Waals surface area contributed by atoms with Crippen molar-refractivity contribution < 1.29 is 15.0 Å². The van der Waals surface area contributed by atoms with Crippen LogP contribution in [0.4, 0.5) is 5.69 Å². The Morgan fingerprint density at radius 1 is 1.25 bits per heavy atom. The van der Waals surface area contributed by atoms with Gasteiger partial charge in [0.15, 0.2) is 5.17 Å². The van der Waals surface area contributed by atoms with E-state index in [4.69, 9.17) is 6.42 Å². The summed E-state index contributed by atoms with van der Waals surface area (Å²) in [7, 11) is 0. The molecule has 0 spiro atoms. The summed E-state index contributed by atoms with van der Waals surface area (Å²) < 4.78 is 0. The lowest BCUT2D eigenvalue weighted by Crippen LogP contribution is -2.54. The number of nitrogens with zero attached hydrogens (tertiary/aromatic N) is 1. The van der Waals surface area contributed by atoms with Gasteiger partial charge in [0, 0.05) is 16.3 Å². The molecule has 144 valence electrons. The molecule has 1 aliphatic heterocycles. The molecule has 0 bridgehead atoms. The van der Waals surface area contributed by atoms with Gasteiger partial charge >= 0.3 is 0 Å². The summed E-state index contributed by atoms with van der Waals surface area (Å²) in [5, 5.41) is 29.2. The van der Waals surface area contributed by atoms with Crippen molar-refractivity contribution in [3.05, 3.63) is 42.5 Å². The summed E-state index contributed by atoms with van der Waals surface area (Å²) in [5.74, 6) is 1.69. The number of aliphatic hydroxyl groups excluding tert-OH is 2. The number of thioether (sulfide) groups is 1. The number of carbonyl (C=O) groups is 1.